The summed E-state index contributed by atoms with van der Waals surface area (Å²) in [6.45, 7) is 5.69. The molecule has 3 aromatic rings. The zero-order valence-electron chi connectivity index (χ0n) is 14.4. The number of nitrogens with one attached hydrogen (secondary N) is 1. The molecule has 1 atom stereocenters. The van der Waals surface area contributed by atoms with Crippen LogP contribution in [0.25, 0.3) is 16.9 Å². The number of aromatic nitrogens is 3. The molecule has 1 fully saturated rings. The second kappa shape index (κ2) is 6.65. The van der Waals surface area contributed by atoms with E-state index in [1.165, 1.54) is 0 Å². The fraction of sp³-hybridized carbons (Fsp3) is 0.368. The molecule has 5 nitrogen and oxygen atoms in total. The number of hydrogen-bond acceptors (Lipinski definition) is 4. The van der Waals surface area contributed by atoms with Crippen molar-refractivity contribution in [3.8, 4) is 11.3 Å². The number of hydrogen-bond donors (Lipinski definition) is 1. The van der Waals surface area contributed by atoms with Crippen molar-refractivity contribution in [2.75, 3.05) is 18.5 Å². The molecule has 3 heterocycles. The molecule has 0 amide bonds. The molecule has 1 aliphatic heterocycles. The van der Waals surface area contributed by atoms with Crippen LogP contribution in [0.15, 0.2) is 30.3 Å². The third-order valence-electron chi connectivity index (χ3n) is 4.58. The summed E-state index contributed by atoms with van der Waals surface area (Å²) < 4.78 is 7.59. The molecular formula is C19H21ClN4O. The Morgan fingerprint density at radius 3 is 2.96 bits per heavy atom. The largest absolute Gasteiger partial charge is 0.376 e. The molecule has 0 radical (unpaired) electrons. The van der Waals surface area contributed by atoms with Crippen molar-refractivity contribution in [2.24, 2.45) is 0 Å². The Hall–Kier alpha value is -2.11. The molecule has 1 unspecified atom stereocenters. The molecule has 1 aliphatic rings. The lowest BCUT2D eigenvalue weighted by molar-refractivity contribution is 0.120. The molecule has 0 bridgehead atoms. The fourth-order valence-corrected chi connectivity index (χ4v) is 3.49. The molecule has 130 valence electrons. The van der Waals surface area contributed by atoms with E-state index in [2.05, 4.69) is 17.2 Å². The first-order chi connectivity index (χ1) is 12.1. The zero-order chi connectivity index (χ0) is 17.4. The number of aryl methyl sites for hydroxylation is 2. The Morgan fingerprint density at radius 2 is 2.20 bits per heavy atom. The zero-order valence-corrected chi connectivity index (χ0v) is 15.2. The number of benzene rings is 1. The van der Waals surface area contributed by atoms with Crippen molar-refractivity contribution < 1.29 is 4.74 Å². The van der Waals surface area contributed by atoms with Gasteiger partial charge in [-0.15, -0.1) is 0 Å². The lowest BCUT2D eigenvalue weighted by Crippen LogP contribution is -2.20. The number of anilines is 1. The minimum absolute atomic E-state index is 0.271. The van der Waals surface area contributed by atoms with Crippen LogP contribution in [0.2, 0.25) is 5.02 Å². The molecule has 0 spiro atoms. The standard InChI is InChI=1S/C19H21ClN4O/c1-12-9-17(21-11-16-7-4-8-25-16)24-19(22-12)13(2)18(23-24)14-5-3-6-15(20)10-14/h3,5-6,9-10,16,21H,4,7-8,11H2,1-2H3. The maximum atomic E-state index is 6.15. The fourth-order valence-electron chi connectivity index (χ4n) is 3.30. The minimum Gasteiger partial charge on any atom is -0.376 e. The van der Waals surface area contributed by atoms with Crippen molar-refractivity contribution in [2.45, 2.75) is 32.8 Å². The molecule has 4 rings (SSSR count). The molecule has 1 N–H and O–H groups in total. The van der Waals surface area contributed by atoms with Gasteiger partial charge in [0.2, 0.25) is 0 Å². The predicted octanol–water partition coefficient (Wildman–Crippen LogP) is 4.26. The van der Waals surface area contributed by atoms with Gasteiger partial charge in [0.25, 0.3) is 0 Å². The van der Waals surface area contributed by atoms with Gasteiger partial charge in [0.15, 0.2) is 5.65 Å². The van der Waals surface area contributed by atoms with Gasteiger partial charge >= 0.3 is 0 Å². The quantitative estimate of drug-likeness (QED) is 0.759. The average Bonchev–Trinajstić information content (AvgIpc) is 3.21. The minimum atomic E-state index is 0.271. The molecule has 1 aromatic carbocycles. The van der Waals surface area contributed by atoms with Gasteiger partial charge in [-0.2, -0.15) is 9.61 Å². The second-order valence-corrected chi connectivity index (χ2v) is 6.95. The van der Waals surface area contributed by atoms with Gasteiger partial charge in [0, 0.05) is 41.1 Å². The summed E-state index contributed by atoms with van der Waals surface area (Å²) in [6.07, 6.45) is 2.51. The number of fused-ring (bicyclic) bond motifs is 1. The van der Waals surface area contributed by atoms with E-state index < -0.39 is 0 Å². The lowest BCUT2D eigenvalue weighted by Gasteiger charge is -2.13. The summed E-state index contributed by atoms with van der Waals surface area (Å²) >= 11 is 6.15. The van der Waals surface area contributed by atoms with Gasteiger partial charge in [-0.05, 0) is 38.8 Å². The van der Waals surface area contributed by atoms with Crippen LogP contribution in [0.4, 0.5) is 5.82 Å². The summed E-state index contributed by atoms with van der Waals surface area (Å²) in [5.41, 5.74) is 4.78. The first-order valence-electron chi connectivity index (χ1n) is 8.60. The highest BCUT2D eigenvalue weighted by Crippen LogP contribution is 2.28. The second-order valence-electron chi connectivity index (χ2n) is 6.52. The Balaban J connectivity index is 1.74. The van der Waals surface area contributed by atoms with E-state index in [0.29, 0.717) is 5.02 Å². The molecule has 6 heteroatoms. The van der Waals surface area contributed by atoms with Crippen LogP contribution in [-0.2, 0) is 4.74 Å². The lowest BCUT2D eigenvalue weighted by atomic mass is 10.1. The maximum absolute atomic E-state index is 6.15. The molecule has 0 saturated carbocycles. The van der Waals surface area contributed by atoms with E-state index >= 15 is 0 Å². The number of halogens is 1. The highest BCUT2D eigenvalue weighted by molar-refractivity contribution is 6.30. The monoisotopic (exact) mass is 356 g/mol. The Morgan fingerprint density at radius 1 is 1.32 bits per heavy atom. The summed E-state index contributed by atoms with van der Waals surface area (Å²) in [7, 11) is 0. The normalized spacial score (nSPS) is 17.3. The highest BCUT2D eigenvalue weighted by atomic mass is 35.5. The maximum Gasteiger partial charge on any atom is 0.161 e. The molecule has 25 heavy (non-hydrogen) atoms. The Bertz CT molecular complexity index is 915. The van der Waals surface area contributed by atoms with Crippen molar-refractivity contribution in [3.63, 3.8) is 0 Å². The average molecular weight is 357 g/mol. The highest BCUT2D eigenvalue weighted by Gasteiger charge is 2.18. The summed E-state index contributed by atoms with van der Waals surface area (Å²) in [5.74, 6) is 0.939. The van der Waals surface area contributed by atoms with Crippen molar-refractivity contribution in [3.05, 3.63) is 46.6 Å². The van der Waals surface area contributed by atoms with E-state index in [-0.39, 0.29) is 6.10 Å². The van der Waals surface area contributed by atoms with Crippen LogP contribution in [0, 0.1) is 13.8 Å². The number of ether oxygens (including phenoxy) is 1. The van der Waals surface area contributed by atoms with E-state index in [4.69, 9.17) is 21.4 Å². The van der Waals surface area contributed by atoms with Gasteiger partial charge < -0.3 is 10.1 Å². The third kappa shape index (κ3) is 3.22. The van der Waals surface area contributed by atoms with Gasteiger partial charge in [0.05, 0.1) is 11.8 Å². The van der Waals surface area contributed by atoms with Crippen molar-refractivity contribution in [1.82, 2.24) is 14.6 Å². The van der Waals surface area contributed by atoms with E-state index in [1.807, 2.05) is 41.8 Å². The topological polar surface area (TPSA) is 51.5 Å². The van der Waals surface area contributed by atoms with Crippen LogP contribution < -0.4 is 5.32 Å². The van der Waals surface area contributed by atoms with Gasteiger partial charge in [-0.25, -0.2) is 4.98 Å². The predicted molar refractivity (Wildman–Crippen MR) is 100 cm³/mol. The van der Waals surface area contributed by atoms with Crippen molar-refractivity contribution in [1.29, 1.82) is 0 Å². The van der Waals surface area contributed by atoms with Crippen LogP contribution in [0.5, 0.6) is 0 Å². The SMILES string of the molecule is Cc1cc(NCC2CCCO2)n2nc(-c3cccc(Cl)c3)c(C)c2n1. The smallest absolute Gasteiger partial charge is 0.161 e. The van der Waals surface area contributed by atoms with Crippen LogP contribution in [-0.4, -0.2) is 33.9 Å². The van der Waals surface area contributed by atoms with Crippen LogP contribution in [0.1, 0.15) is 24.1 Å². The Kier molecular flexibility index (Phi) is 4.36. The third-order valence-corrected chi connectivity index (χ3v) is 4.82. The first kappa shape index (κ1) is 16.4. The summed E-state index contributed by atoms with van der Waals surface area (Å²) in [6, 6.07) is 9.79. The van der Waals surface area contributed by atoms with Gasteiger partial charge in [-0.1, -0.05) is 23.7 Å². The Labute approximate surface area is 152 Å². The van der Waals surface area contributed by atoms with E-state index in [9.17, 15) is 0 Å². The molecule has 1 saturated heterocycles. The van der Waals surface area contributed by atoms with Gasteiger partial charge in [-0.3, -0.25) is 0 Å². The van der Waals surface area contributed by atoms with Crippen molar-refractivity contribution >= 4 is 23.1 Å². The van der Waals surface area contributed by atoms with Crippen LogP contribution >= 0.6 is 11.6 Å². The summed E-state index contributed by atoms with van der Waals surface area (Å²) in [5, 5.41) is 8.99. The van der Waals surface area contributed by atoms with E-state index in [1.54, 1.807) is 0 Å². The number of nitrogens with zero attached hydrogens (tertiary/aromatic N) is 3. The molecule has 0 aliphatic carbocycles. The summed E-state index contributed by atoms with van der Waals surface area (Å²) in [4.78, 5) is 4.68. The van der Waals surface area contributed by atoms with Crippen LogP contribution in [0.3, 0.4) is 0 Å². The molecule has 2 aromatic heterocycles. The number of rotatable bonds is 4. The molecular weight excluding hydrogens is 336 g/mol. The van der Waals surface area contributed by atoms with E-state index in [0.717, 1.165) is 60.0 Å². The first-order valence-corrected chi connectivity index (χ1v) is 8.98. The van der Waals surface area contributed by atoms with Gasteiger partial charge in [0.1, 0.15) is 5.82 Å².